The molecule has 0 fully saturated rings. The first kappa shape index (κ1) is 17.0. The van der Waals surface area contributed by atoms with Gasteiger partial charge < -0.3 is 18.6 Å². The molecule has 0 bridgehead atoms. The lowest BCUT2D eigenvalue weighted by Gasteiger charge is -2.09. The van der Waals surface area contributed by atoms with Gasteiger partial charge in [-0.2, -0.15) is 0 Å². The second-order valence-electron chi connectivity index (χ2n) is 6.11. The average Bonchev–Trinajstić information content (AvgIpc) is 3.17. The van der Waals surface area contributed by atoms with Gasteiger partial charge in [-0.25, -0.2) is 4.98 Å². The predicted octanol–water partition coefficient (Wildman–Crippen LogP) is 4.69. The molecule has 0 radical (unpaired) electrons. The molecule has 0 saturated carbocycles. The molecule has 0 amide bonds. The van der Waals surface area contributed by atoms with Crippen LogP contribution in [-0.4, -0.2) is 30.7 Å². The predicted molar refractivity (Wildman–Crippen MR) is 106 cm³/mol. The molecule has 5 nitrogen and oxygen atoms in total. The van der Waals surface area contributed by atoms with Gasteiger partial charge in [-0.05, 0) is 54.1 Å². The zero-order valence-electron chi connectivity index (χ0n) is 15.5. The van der Waals surface area contributed by atoms with Crippen LogP contribution < -0.4 is 14.2 Å². The molecule has 4 aromatic rings. The zero-order chi connectivity index (χ0) is 18.8. The molecule has 0 N–H and O–H groups in total. The van der Waals surface area contributed by atoms with Crippen molar-refractivity contribution < 1.29 is 14.2 Å². The quantitative estimate of drug-likeness (QED) is 0.518. The van der Waals surface area contributed by atoms with E-state index in [0.717, 1.165) is 45.3 Å². The molecule has 2 heterocycles. The molecule has 0 saturated heterocycles. The minimum absolute atomic E-state index is 0.744. The maximum atomic E-state index is 5.41. The van der Waals surface area contributed by atoms with Gasteiger partial charge in [0.05, 0.1) is 27.0 Å². The van der Waals surface area contributed by atoms with Crippen LogP contribution in [0, 0.1) is 0 Å². The van der Waals surface area contributed by atoms with Gasteiger partial charge in [-0.15, -0.1) is 0 Å². The number of nitrogens with zero attached hydrogens (tertiary/aromatic N) is 2. The molecule has 0 aliphatic rings. The van der Waals surface area contributed by atoms with Gasteiger partial charge in [0.15, 0.2) is 0 Å². The number of rotatable bonds is 5. The summed E-state index contributed by atoms with van der Waals surface area (Å²) in [5.74, 6) is 2.31. The van der Waals surface area contributed by atoms with E-state index in [1.54, 1.807) is 21.3 Å². The Morgan fingerprint density at radius 2 is 1.41 bits per heavy atom. The van der Waals surface area contributed by atoms with Crippen molar-refractivity contribution in [2.45, 2.75) is 0 Å². The van der Waals surface area contributed by atoms with E-state index >= 15 is 0 Å². The fourth-order valence-electron chi connectivity index (χ4n) is 3.10. The first-order chi connectivity index (χ1) is 13.2. The zero-order valence-corrected chi connectivity index (χ0v) is 15.5. The van der Waals surface area contributed by atoms with Gasteiger partial charge in [0.1, 0.15) is 22.9 Å². The lowest BCUT2D eigenvalue weighted by molar-refractivity contribution is 0.394. The summed E-state index contributed by atoms with van der Waals surface area (Å²) in [6, 6.07) is 17.8. The minimum Gasteiger partial charge on any atom is -0.497 e. The Labute approximate surface area is 157 Å². The fourth-order valence-corrected chi connectivity index (χ4v) is 3.10. The normalized spacial score (nSPS) is 10.8. The number of pyridine rings is 1. The highest BCUT2D eigenvalue weighted by Gasteiger charge is 2.12. The van der Waals surface area contributed by atoms with Crippen molar-refractivity contribution in [1.29, 1.82) is 0 Å². The number of methoxy groups -OCH3 is 3. The van der Waals surface area contributed by atoms with E-state index in [2.05, 4.69) is 0 Å². The lowest BCUT2D eigenvalue weighted by atomic mass is 10.1. The summed E-state index contributed by atoms with van der Waals surface area (Å²) >= 11 is 0. The van der Waals surface area contributed by atoms with Crippen molar-refractivity contribution in [3.05, 3.63) is 67.0 Å². The molecule has 2 aromatic carbocycles. The number of aromatic nitrogens is 2. The highest BCUT2D eigenvalue weighted by molar-refractivity contribution is 5.81. The van der Waals surface area contributed by atoms with Crippen LogP contribution in [0.15, 0.2) is 67.0 Å². The molecule has 0 aliphatic carbocycles. The Kier molecular flexibility index (Phi) is 4.42. The van der Waals surface area contributed by atoms with Crippen molar-refractivity contribution in [3.8, 4) is 39.6 Å². The van der Waals surface area contributed by atoms with E-state index in [4.69, 9.17) is 19.2 Å². The van der Waals surface area contributed by atoms with Gasteiger partial charge in [-0.1, -0.05) is 0 Å². The molecule has 2 aromatic heterocycles. The first-order valence-corrected chi connectivity index (χ1v) is 8.57. The van der Waals surface area contributed by atoms with Crippen LogP contribution >= 0.6 is 0 Å². The molecule has 27 heavy (non-hydrogen) atoms. The van der Waals surface area contributed by atoms with Crippen LogP contribution in [0.3, 0.4) is 0 Å². The maximum Gasteiger partial charge on any atom is 0.145 e. The SMILES string of the molecule is COc1ccc(-c2cn3cccc(-c4cc(OC)cc(OC)c4)c3n2)cc1. The highest BCUT2D eigenvalue weighted by Crippen LogP contribution is 2.33. The molecule has 136 valence electrons. The van der Waals surface area contributed by atoms with E-state index in [1.807, 2.05) is 71.4 Å². The standard InChI is InChI=1S/C22H20N2O3/c1-25-17-8-6-15(7-9-17)21-14-24-10-4-5-20(22(24)23-21)16-11-18(26-2)13-19(12-16)27-3/h4-14H,1-3H3. The third-order valence-electron chi connectivity index (χ3n) is 4.53. The van der Waals surface area contributed by atoms with Crippen molar-refractivity contribution in [1.82, 2.24) is 9.38 Å². The van der Waals surface area contributed by atoms with E-state index in [1.165, 1.54) is 0 Å². The van der Waals surface area contributed by atoms with E-state index < -0.39 is 0 Å². The summed E-state index contributed by atoms with van der Waals surface area (Å²) in [7, 11) is 4.96. The monoisotopic (exact) mass is 360 g/mol. The Bertz CT molecular complexity index is 1060. The topological polar surface area (TPSA) is 45.0 Å². The van der Waals surface area contributed by atoms with Crippen molar-refractivity contribution in [3.63, 3.8) is 0 Å². The largest absolute Gasteiger partial charge is 0.497 e. The number of ether oxygens (including phenoxy) is 3. The smallest absolute Gasteiger partial charge is 0.145 e. The lowest BCUT2D eigenvalue weighted by Crippen LogP contribution is -1.91. The summed E-state index contributed by atoms with van der Waals surface area (Å²) in [5.41, 5.74) is 4.81. The molecule has 0 aliphatic heterocycles. The summed E-state index contributed by atoms with van der Waals surface area (Å²) in [6.07, 6.45) is 4.02. The summed E-state index contributed by atoms with van der Waals surface area (Å²) in [4.78, 5) is 4.87. The first-order valence-electron chi connectivity index (χ1n) is 8.57. The van der Waals surface area contributed by atoms with Crippen LogP contribution in [0.25, 0.3) is 28.0 Å². The van der Waals surface area contributed by atoms with E-state index in [-0.39, 0.29) is 0 Å². The molecular weight excluding hydrogens is 340 g/mol. The van der Waals surface area contributed by atoms with Crippen molar-refractivity contribution in [2.75, 3.05) is 21.3 Å². The Morgan fingerprint density at radius 1 is 0.741 bits per heavy atom. The summed E-state index contributed by atoms with van der Waals surface area (Å²) in [5, 5.41) is 0. The molecular formula is C22H20N2O3. The second kappa shape index (κ2) is 7.03. The van der Waals surface area contributed by atoms with E-state index in [0.29, 0.717) is 0 Å². The fraction of sp³-hybridized carbons (Fsp3) is 0.136. The maximum absolute atomic E-state index is 5.41. The van der Waals surface area contributed by atoms with Gasteiger partial charge >= 0.3 is 0 Å². The van der Waals surface area contributed by atoms with Gasteiger partial charge in [0, 0.05) is 29.6 Å². The number of hydrogen-bond acceptors (Lipinski definition) is 4. The van der Waals surface area contributed by atoms with Crippen LogP contribution in [0.1, 0.15) is 0 Å². The molecule has 5 heteroatoms. The second-order valence-corrected chi connectivity index (χ2v) is 6.11. The Morgan fingerprint density at radius 3 is 2.04 bits per heavy atom. The number of imidazole rings is 1. The van der Waals surface area contributed by atoms with Gasteiger partial charge in [-0.3, -0.25) is 0 Å². The van der Waals surface area contributed by atoms with Crippen molar-refractivity contribution >= 4 is 5.65 Å². The summed E-state index contributed by atoms with van der Waals surface area (Å²) in [6.45, 7) is 0. The van der Waals surface area contributed by atoms with Crippen molar-refractivity contribution in [2.24, 2.45) is 0 Å². The number of fused-ring (bicyclic) bond motifs is 1. The number of hydrogen-bond donors (Lipinski definition) is 0. The highest BCUT2D eigenvalue weighted by atomic mass is 16.5. The molecule has 4 rings (SSSR count). The average molecular weight is 360 g/mol. The third kappa shape index (κ3) is 3.19. The number of benzene rings is 2. The molecule has 0 atom stereocenters. The van der Waals surface area contributed by atoms with Gasteiger partial charge in [0.25, 0.3) is 0 Å². The van der Waals surface area contributed by atoms with Crippen LogP contribution in [0.4, 0.5) is 0 Å². The Hall–Kier alpha value is -3.47. The van der Waals surface area contributed by atoms with Crippen LogP contribution in [0.2, 0.25) is 0 Å². The third-order valence-corrected chi connectivity index (χ3v) is 4.53. The molecule has 0 spiro atoms. The summed E-state index contributed by atoms with van der Waals surface area (Å²) < 4.78 is 18.1. The minimum atomic E-state index is 0.744. The Balaban J connectivity index is 1.84. The van der Waals surface area contributed by atoms with E-state index in [9.17, 15) is 0 Å². The van der Waals surface area contributed by atoms with Crippen LogP contribution in [0.5, 0.6) is 17.2 Å². The van der Waals surface area contributed by atoms with Gasteiger partial charge in [0.2, 0.25) is 0 Å². The van der Waals surface area contributed by atoms with Crippen LogP contribution in [-0.2, 0) is 0 Å². The molecule has 0 unspecified atom stereocenters.